The van der Waals surface area contributed by atoms with Crippen LogP contribution in [-0.4, -0.2) is 24.7 Å². The first-order valence-corrected chi connectivity index (χ1v) is 7.43. The van der Waals surface area contributed by atoms with E-state index in [4.69, 9.17) is 15.5 Å². The monoisotopic (exact) mass is 254 g/mol. The molecule has 17 heavy (non-hydrogen) atoms. The summed E-state index contributed by atoms with van der Waals surface area (Å²) < 4.78 is 5.39. The van der Waals surface area contributed by atoms with Gasteiger partial charge in [0.2, 0.25) is 0 Å². The summed E-state index contributed by atoms with van der Waals surface area (Å²) in [5.74, 6) is 1.20. The van der Waals surface area contributed by atoms with E-state index in [2.05, 4.69) is 12.3 Å². The molecule has 0 spiro atoms. The Kier molecular flexibility index (Phi) is 4.95. The quantitative estimate of drug-likeness (QED) is 0.878. The van der Waals surface area contributed by atoms with Crippen molar-refractivity contribution in [3.8, 4) is 0 Å². The van der Waals surface area contributed by atoms with Crippen LogP contribution in [0.1, 0.15) is 42.8 Å². The van der Waals surface area contributed by atoms with E-state index >= 15 is 0 Å². The van der Waals surface area contributed by atoms with Crippen molar-refractivity contribution in [2.75, 3.05) is 19.8 Å². The van der Waals surface area contributed by atoms with Crippen molar-refractivity contribution in [1.29, 1.82) is 0 Å². The van der Waals surface area contributed by atoms with Gasteiger partial charge in [-0.15, -0.1) is 11.3 Å². The van der Waals surface area contributed by atoms with Gasteiger partial charge in [0.15, 0.2) is 0 Å². The molecule has 0 saturated carbocycles. The van der Waals surface area contributed by atoms with Crippen molar-refractivity contribution >= 4 is 11.3 Å². The minimum Gasteiger partial charge on any atom is -0.381 e. The van der Waals surface area contributed by atoms with E-state index in [1.54, 1.807) is 11.3 Å². The maximum Gasteiger partial charge on any atom is 0.0931 e. The first kappa shape index (κ1) is 13.0. The fraction of sp³-hybridized carbons (Fsp3) is 0.769. The number of hydrogen-bond acceptors (Lipinski definition) is 4. The van der Waals surface area contributed by atoms with Gasteiger partial charge in [-0.25, -0.2) is 4.98 Å². The molecule has 2 rings (SSSR count). The Morgan fingerprint density at radius 1 is 1.53 bits per heavy atom. The van der Waals surface area contributed by atoms with E-state index in [0.717, 1.165) is 45.4 Å². The first-order chi connectivity index (χ1) is 8.33. The summed E-state index contributed by atoms with van der Waals surface area (Å²) in [6.07, 6.45) is 4.43. The van der Waals surface area contributed by atoms with E-state index in [9.17, 15) is 0 Å². The van der Waals surface area contributed by atoms with Gasteiger partial charge in [0, 0.05) is 30.9 Å². The third-order valence-corrected chi connectivity index (χ3v) is 4.47. The highest BCUT2D eigenvalue weighted by molar-refractivity contribution is 7.09. The minimum atomic E-state index is 0.587. The summed E-state index contributed by atoms with van der Waals surface area (Å²) in [4.78, 5) is 4.78. The molecule has 2 N–H and O–H groups in total. The zero-order valence-electron chi connectivity index (χ0n) is 10.5. The standard InChI is InChI=1S/C13H22N2OS/c1-2-10(8-14)7-13-15-12(9-17-13)11-3-5-16-6-4-11/h9-11H,2-8,14H2,1H3. The molecule has 4 heteroatoms. The van der Waals surface area contributed by atoms with Gasteiger partial charge < -0.3 is 10.5 Å². The van der Waals surface area contributed by atoms with Crippen LogP contribution in [0.4, 0.5) is 0 Å². The lowest BCUT2D eigenvalue weighted by Crippen LogP contribution is -2.16. The number of hydrogen-bond donors (Lipinski definition) is 1. The Labute approximate surface area is 107 Å². The van der Waals surface area contributed by atoms with Crippen LogP contribution in [0, 0.1) is 5.92 Å². The van der Waals surface area contributed by atoms with E-state index in [1.165, 1.54) is 10.7 Å². The smallest absolute Gasteiger partial charge is 0.0931 e. The second kappa shape index (κ2) is 6.47. The zero-order chi connectivity index (χ0) is 12.1. The number of aromatic nitrogens is 1. The van der Waals surface area contributed by atoms with Gasteiger partial charge in [-0.2, -0.15) is 0 Å². The molecule has 0 aromatic carbocycles. The number of thiazole rings is 1. The van der Waals surface area contributed by atoms with Gasteiger partial charge in [-0.05, 0) is 25.3 Å². The van der Waals surface area contributed by atoms with Gasteiger partial charge in [0.05, 0.1) is 10.7 Å². The molecule has 2 heterocycles. The van der Waals surface area contributed by atoms with Crippen molar-refractivity contribution in [3.05, 3.63) is 16.1 Å². The van der Waals surface area contributed by atoms with Crippen LogP contribution in [0.25, 0.3) is 0 Å². The van der Waals surface area contributed by atoms with Crippen LogP contribution in [0.3, 0.4) is 0 Å². The van der Waals surface area contributed by atoms with E-state index in [-0.39, 0.29) is 0 Å². The second-order valence-corrected chi connectivity index (χ2v) is 5.71. The number of ether oxygens (including phenoxy) is 1. The van der Waals surface area contributed by atoms with Crippen LogP contribution in [0.2, 0.25) is 0 Å². The third kappa shape index (κ3) is 3.50. The Hall–Kier alpha value is -0.450. The van der Waals surface area contributed by atoms with Crippen LogP contribution in [-0.2, 0) is 11.2 Å². The summed E-state index contributed by atoms with van der Waals surface area (Å²) in [6, 6.07) is 0. The Bertz CT molecular complexity index is 330. The molecule has 1 atom stereocenters. The predicted octanol–water partition coefficient (Wildman–Crippen LogP) is 2.56. The molecule has 0 bridgehead atoms. The van der Waals surface area contributed by atoms with Gasteiger partial charge in [-0.1, -0.05) is 13.3 Å². The summed E-state index contributed by atoms with van der Waals surface area (Å²) in [6.45, 7) is 4.74. The lowest BCUT2D eigenvalue weighted by atomic mass is 9.97. The van der Waals surface area contributed by atoms with Crippen LogP contribution < -0.4 is 5.73 Å². The van der Waals surface area contributed by atoms with Crippen LogP contribution in [0.5, 0.6) is 0 Å². The van der Waals surface area contributed by atoms with Crippen LogP contribution in [0.15, 0.2) is 5.38 Å². The van der Waals surface area contributed by atoms with Crippen LogP contribution >= 0.6 is 11.3 Å². The molecule has 1 unspecified atom stereocenters. The minimum absolute atomic E-state index is 0.587. The molecular formula is C13H22N2OS. The summed E-state index contributed by atoms with van der Waals surface area (Å²) in [5, 5.41) is 3.48. The maximum atomic E-state index is 5.74. The van der Waals surface area contributed by atoms with E-state index in [1.807, 2.05) is 0 Å². The summed E-state index contributed by atoms with van der Waals surface area (Å²) in [5.41, 5.74) is 7.02. The van der Waals surface area contributed by atoms with Gasteiger partial charge in [0.1, 0.15) is 0 Å². The molecule has 1 aliphatic heterocycles. The SMILES string of the molecule is CCC(CN)Cc1nc(C2CCOCC2)cs1. The number of nitrogens with zero attached hydrogens (tertiary/aromatic N) is 1. The molecular weight excluding hydrogens is 232 g/mol. The van der Waals surface area contributed by atoms with Crippen molar-refractivity contribution in [1.82, 2.24) is 4.98 Å². The molecule has 1 aromatic heterocycles. The van der Waals surface area contributed by atoms with E-state index < -0.39 is 0 Å². The largest absolute Gasteiger partial charge is 0.381 e. The molecule has 1 aromatic rings. The molecule has 0 aliphatic carbocycles. The lowest BCUT2D eigenvalue weighted by Gasteiger charge is -2.20. The third-order valence-electron chi connectivity index (χ3n) is 3.58. The van der Waals surface area contributed by atoms with Crippen molar-refractivity contribution in [2.24, 2.45) is 11.7 Å². The topological polar surface area (TPSA) is 48.1 Å². The highest BCUT2D eigenvalue weighted by atomic mass is 32.1. The fourth-order valence-corrected chi connectivity index (χ4v) is 3.23. The molecule has 3 nitrogen and oxygen atoms in total. The molecule has 96 valence electrons. The highest BCUT2D eigenvalue weighted by Gasteiger charge is 2.19. The Morgan fingerprint density at radius 2 is 2.29 bits per heavy atom. The zero-order valence-corrected chi connectivity index (χ0v) is 11.3. The average molecular weight is 254 g/mol. The summed E-state index contributed by atoms with van der Waals surface area (Å²) >= 11 is 1.79. The number of rotatable bonds is 5. The summed E-state index contributed by atoms with van der Waals surface area (Å²) in [7, 11) is 0. The highest BCUT2D eigenvalue weighted by Crippen LogP contribution is 2.28. The second-order valence-electron chi connectivity index (χ2n) is 4.77. The van der Waals surface area contributed by atoms with Crippen molar-refractivity contribution < 1.29 is 4.74 Å². The van der Waals surface area contributed by atoms with Gasteiger partial charge in [0.25, 0.3) is 0 Å². The van der Waals surface area contributed by atoms with Gasteiger partial charge in [-0.3, -0.25) is 0 Å². The normalized spacial score (nSPS) is 19.4. The Morgan fingerprint density at radius 3 is 2.94 bits per heavy atom. The lowest BCUT2D eigenvalue weighted by molar-refractivity contribution is 0.0846. The fourth-order valence-electron chi connectivity index (χ4n) is 2.24. The first-order valence-electron chi connectivity index (χ1n) is 6.55. The molecule has 0 amide bonds. The van der Waals surface area contributed by atoms with Crippen molar-refractivity contribution in [2.45, 2.75) is 38.5 Å². The van der Waals surface area contributed by atoms with Crippen molar-refractivity contribution in [3.63, 3.8) is 0 Å². The Balaban J connectivity index is 1.94. The number of nitrogens with two attached hydrogens (primary N) is 1. The average Bonchev–Trinajstić information content (AvgIpc) is 2.85. The maximum absolute atomic E-state index is 5.74. The predicted molar refractivity (Wildman–Crippen MR) is 71.4 cm³/mol. The van der Waals surface area contributed by atoms with E-state index in [0.29, 0.717) is 11.8 Å². The molecule has 1 aliphatic rings. The molecule has 1 saturated heterocycles. The molecule has 1 fully saturated rings. The van der Waals surface area contributed by atoms with Gasteiger partial charge >= 0.3 is 0 Å². The molecule has 0 radical (unpaired) electrons.